The van der Waals surface area contributed by atoms with E-state index >= 15 is 0 Å². The van der Waals surface area contributed by atoms with Gasteiger partial charge in [-0.25, -0.2) is 8.42 Å². The van der Waals surface area contributed by atoms with E-state index in [-0.39, 0.29) is 23.9 Å². The molecular weight excluding hydrogens is 368 g/mol. The zero-order chi connectivity index (χ0) is 19.9. The zero-order valence-corrected chi connectivity index (χ0v) is 16.7. The van der Waals surface area contributed by atoms with Crippen molar-refractivity contribution in [2.45, 2.75) is 18.7 Å². The van der Waals surface area contributed by atoms with Gasteiger partial charge in [0, 0.05) is 44.8 Å². The Morgan fingerprint density at radius 2 is 1.70 bits per heavy atom. The van der Waals surface area contributed by atoms with Crippen molar-refractivity contribution in [3.63, 3.8) is 0 Å². The molecule has 2 amide bonds. The van der Waals surface area contributed by atoms with Crippen LogP contribution in [0.15, 0.2) is 29.2 Å². The third kappa shape index (κ3) is 5.50. The summed E-state index contributed by atoms with van der Waals surface area (Å²) in [4.78, 5) is 26.9. The highest BCUT2D eigenvalue weighted by Crippen LogP contribution is 2.18. The summed E-state index contributed by atoms with van der Waals surface area (Å²) in [6.07, 6.45) is 0.734. The molecule has 2 rings (SSSR count). The first-order chi connectivity index (χ1) is 12.9. The molecule has 1 aliphatic rings. The second-order valence-corrected chi connectivity index (χ2v) is 8.29. The molecule has 150 valence electrons. The van der Waals surface area contributed by atoms with Crippen molar-refractivity contribution < 1.29 is 18.0 Å². The summed E-state index contributed by atoms with van der Waals surface area (Å²) in [5, 5.41) is 2.85. The van der Waals surface area contributed by atoms with Gasteiger partial charge in [0.05, 0.1) is 4.90 Å². The Hall–Kier alpha value is -1.97. The summed E-state index contributed by atoms with van der Waals surface area (Å²) in [7, 11) is -3.62. The van der Waals surface area contributed by atoms with Crippen LogP contribution in [-0.2, 0) is 14.8 Å². The lowest BCUT2D eigenvalue weighted by atomic mass is 10.2. The number of rotatable bonds is 9. The lowest BCUT2D eigenvalue weighted by molar-refractivity contribution is -0.119. The summed E-state index contributed by atoms with van der Waals surface area (Å²) in [6.45, 7) is 8.64. The Morgan fingerprint density at radius 3 is 2.22 bits per heavy atom. The number of sulfonamides is 1. The molecule has 0 radical (unpaired) electrons. The molecule has 1 N–H and O–H groups in total. The molecule has 8 nitrogen and oxygen atoms in total. The van der Waals surface area contributed by atoms with E-state index in [1.165, 1.54) is 28.6 Å². The quantitative estimate of drug-likeness (QED) is 0.603. The van der Waals surface area contributed by atoms with E-state index in [1.807, 2.05) is 0 Å². The third-order valence-electron chi connectivity index (χ3n) is 4.78. The van der Waals surface area contributed by atoms with Gasteiger partial charge in [-0.1, -0.05) is 13.8 Å². The molecule has 1 aromatic carbocycles. The van der Waals surface area contributed by atoms with E-state index in [1.54, 1.807) is 4.90 Å². The normalized spacial score (nSPS) is 15.7. The summed E-state index contributed by atoms with van der Waals surface area (Å²) < 4.78 is 26.7. The van der Waals surface area contributed by atoms with Crippen molar-refractivity contribution in [1.82, 2.24) is 19.4 Å². The lowest BCUT2D eigenvalue weighted by Gasteiger charge is -2.31. The molecule has 0 bridgehead atoms. The minimum absolute atomic E-state index is 0.154. The third-order valence-corrected chi connectivity index (χ3v) is 6.70. The molecule has 9 heteroatoms. The van der Waals surface area contributed by atoms with Crippen molar-refractivity contribution >= 4 is 22.3 Å². The molecular formula is C18H28N4O4S. The standard InChI is InChI=1S/C18H28N4O4S/c1-3-20(4-2)10-9-19-18(24)16-5-7-17(8-6-16)27(25,26)22-13-11-21(15-23)12-14-22/h5-8,15H,3-4,9-14H2,1-2H3,(H,19,24). The van der Waals surface area contributed by atoms with Crippen LogP contribution in [0.1, 0.15) is 24.2 Å². The van der Waals surface area contributed by atoms with Crippen LogP contribution in [-0.4, -0.2) is 87.2 Å². The van der Waals surface area contributed by atoms with E-state index in [2.05, 4.69) is 24.1 Å². The number of piperazine rings is 1. The number of amides is 2. The monoisotopic (exact) mass is 396 g/mol. The second-order valence-electron chi connectivity index (χ2n) is 6.35. The number of nitrogens with one attached hydrogen (secondary N) is 1. The van der Waals surface area contributed by atoms with E-state index in [4.69, 9.17) is 0 Å². The van der Waals surface area contributed by atoms with Crippen LogP contribution in [0.3, 0.4) is 0 Å². The Labute approximate surface area is 161 Å². The van der Waals surface area contributed by atoms with Gasteiger partial charge in [0.15, 0.2) is 0 Å². The molecule has 1 heterocycles. The maximum atomic E-state index is 12.7. The van der Waals surface area contributed by atoms with Gasteiger partial charge in [-0.2, -0.15) is 4.31 Å². The van der Waals surface area contributed by atoms with Gasteiger partial charge >= 0.3 is 0 Å². The average Bonchev–Trinajstić information content (AvgIpc) is 2.71. The number of nitrogens with zero attached hydrogens (tertiary/aromatic N) is 3. The van der Waals surface area contributed by atoms with Crippen molar-refractivity contribution in [2.75, 3.05) is 52.4 Å². The Morgan fingerprint density at radius 1 is 1.11 bits per heavy atom. The summed E-state index contributed by atoms with van der Waals surface area (Å²) in [5.74, 6) is -0.217. The Kier molecular flexibility index (Phi) is 7.76. The molecule has 1 saturated heterocycles. The predicted octanol–water partition coefficient (Wildman–Crippen LogP) is 0.221. The largest absolute Gasteiger partial charge is 0.351 e. The first-order valence-electron chi connectivity index (χ1n) is 9.22. The van der Waals surface area contributed by atoms with Gasteiger partial charge in [-0.15, -0.1) is 0 Å². The number of carbonyl (C=O) groups excluding carboxylic acids is 2. The lowest BCUT2D eigenvalue weighted by Crippen LogP contribution is -2.47. The maximum absolute atomic E-state index is 12.7. The van der Waals surface area contributed by atoms with E-state index < -0.39 is 10.0 Å². The zero-order valence-electron chi connectivity index (χ0n) is 15.9. The van der Waals surface area contributed by atoms with Gasteiger partial charge in [0.2, 0.25) is 16.4 Å². The van der Waals surface area contributed by atoms with Crippen LogP contribution in [0.2, 0.25) is 0 Å². The van der Waals surface area contributed by atoms with E-state index in [9.17, 15) is 18.0 Å². The minimum Gasteiger partial charge on any atom is -0.351 e. The fraction of sp³-hybridized carbons (Fsp3) is 0.556. The summed E-state index contributed by atoms with van der Waals surface area (Å²) in [6, 6.07) is 5.98. The predicted molar refractivity (Wildman–Crippen MR) is 103 cm³/mol. The van der Waals surface area contributed by atoms with Gasteiger partial charge in [-0.05, 0) is 37.4 Å². The fourth-order valence-electron chi connectivity index (χ4n) is 2.95. The van der Waals surface area contributed by atoms with Crippen LogP contribution in [0.25, 0.3) is 0 Å². The van der Waals surface area contributed by atoms with Crippen molar-refractivity contribution in [1.29, 1.82) is 0 Å². The van der Waals surface area contributed by atoms with Crippen molar-refractivity contribution in [2.24, 2.45) is 0 Å². The van der Waals surface area contributed by atoms with E-state index in [0.29, 0.717) is 25.2 Å². The molecule has 1 aromatic rings. The number of likely N-dealkylation sites (N-methyl/N-ethyl adjacent to an activating group) is 1. The number of benzene rings is 1. The molecule has 0 unspecified atom stereocenters. The van der Waals surface area contributed by atoms with Crippen LogP contribution in [0.4, 0.5) is 0 Å². The molecule has 27 heavy (non-hydrogen) atoms. The molecule has 0 atom stereocenters. The summed E-state index contributed by atoms with van der Waals surface area (Å²) in [5.41, 5.74) is 0.430. The number of hydrogen-bond donors (Lipinski definition) is 1. The van der Waals surface area contributed by atoms with Crippen LogP contribution in [0, 0.1) is 0 Å². The SMILES string of the molecule is CCN(CC)CCNC(=O)c1ccc(S(=O)(=O)N2CCN(C=O)CC2)cc1. The minimum atomic E-state index is -3.62. The van der Waals surface area contributed by atoms with Gasteiger partial charge in [-0.3, -0.25) is 9.59 Å². The van der Waals surface area contributed by atoms with Crippen LogP contribution in [0.5, 0.6) is 0 Å². The van der Waals surface area contributed by atoms with Gasteiger partial charge < -0.3 is 15.1 Å². The molecule has 0 spiro atoms. The first-order valence-corrected chi connectivity index (χ1v) is 10.7. The highest BCUT2D eigenvalue weighted by Gasteiger charge is 2.28. The highest BCUT2D eigenvalue weighted by molar-refractivity contribution is 7.89. The first kappa shape index (κ1) is 21.3. The molecule has 0 saturated carbocycles. The van der Waals surface area contributed by atoms with Crippen molar-refractivity contribution in [3.8, 4) is 0 Å². The van der Waals surface area contributed by atoms with Gasteiger partial charge in [0.1, 0.15) is 0 Å². The highest BCUT2D eigenvalue weighted by atomic mass is 32.2. The molecule has 0 aromatic heterocycles. The van der Waals surface area contributed by atoms with Gasteiger partial charge in [0.25, 0.3) is 5.91 Å². The topological polar surface area (TPSA) is 90.0 Å². The molecule has 0 aliphatic carbocycles. The second kappa shape index (κ2) is 9.82. The smallest absolute Gasteiger partial charge is 0.251 e. The number of hydrogen-bond acceptors (Lipinski definition) is 5. The van der Waals surface area contributed by atoms with E-state index in [0.717, 1.165) is 26.0 Å². The average molecular weight is 397 g/mol. The maximum Gasteiger partial charge on any atom is 0.251 e. The summed E-state index contributed by atoms with van der Waals surface area (Å²) >= 11 is 0. The molecule has 1 fully saturated rings. The fourth-order valence-corrected chi connectivity index (χ4v) is 4.37. The van der Waals surface area contributed by atoms with Crippen LogP contribution >= 0.6 is 0 Å². The van der Waals surface area contributed by atoms with Crippen LogP contribution < -0.4 is 5.32 Å². The molecule has 1 aliphatic heterocycles. The Bertz CT molecular complexity index is 724. The van der Waals surface area contributed by atoms with Crippen molar-refractivity contribution in [3.05, 3.63) is 29.8 Å². The number of carbonyl (C=O) groups is 2. The Balaban J connectivity index is 1.95.